The second-order valence-corrected chi connectivity index (χ2v) is 6.57. The maximum Gasteiger partial charge on any atom is 0.191 e. The largest absolute Gasteiger partial charge is 0.497 e. The molecule has 0 atom stereocenters. The van der Waals surface area contributed by atoms with Gasteiger partial charge >= 0.3 is 0 Å². The molecule has 0 amide bonds. The normalized spacial score (nSPS) is 10.7. The van der Waals surface area contributed by atoms with Crippen molar-refractivity contribution in [2.75, 3.05) is 27.9 Å². The molecule has 6 nitrogen and oxygen atoms in total. The first-order chi connectivity index (χ1) is 13.1. The van der Waals surface area contributed by atoms with Gasteiger partial charge in [0.1, 0.15) is 5.75 Å². The van der Waals surface area contributed by atoms with Gasteiger partial charge in [0, 0.05) is 13.1 Å². The molecule has 2 N–H and O–H groups in total. The van der Waals surface area contributed by atoms with Gasteiger partial charge < -0.3 is 24.8 Å². The van der Waals surface area contributed by atoms with Crippen molar-refractivity contribution in [2.45, 2.75) is 20.0 Å². The molecule has 0 aliphatic carbocycles. The van der Waals surface area contributed by atoms with Crippen molar-refractivity contribution in [1.29, 1.82) is 0 Å². The molecule has 0 fully saturated rings. The number of rotatable bonds is 8. The number of methoxy groups -OCH3 is 3. The molecule has 2 aromatic rings. The molecule has 0 heterocycles. The summed E-state index contributed by atoms with van der Waals surface area (Å²) in [6, 6.07) is 11.9. The zero-order valence-electron chi connectivity index (χ0n) is 16.5. The van der Waals surface area contributed by atoms with Crippen molar-refractivity contribution in [3.8, 4) is 17.2 Å². The number of benzene rings is 2. The average molecular weight is 564 g/mol. The quantitative estimate of drug-likeness (QED) is 0.284. The molecular formula is C20H27BrIN3O3. The molecular weight excluding hydrogens is 537 g/mol. The number of hydrogen-bond donors (Lipinski definition) is 2. The molecule has 0 aliphatic heterocycles. The monoisotopic (exact) mass is 563 g/mol. The minimum atomic E-state index is 0. The Morgan fingerprint density at radius 2 is 1.79 bits per heavy atom. The van der Waals surface area contributed by atoms with E-state index >= 15 is 0 Å². The van der Waals surface area contributed by atoms with Crippen LogP contribution in [0.4, 0.5) is 0 Å². The standard InChI is InChI=1S/C20H26BrN3O3.HI/c1-5-22-20(23-12-14-7-6-8-16(9-14)25-2)24-13-15-10-17(21)19(27-4)18(11-15)26-3;/h6-11H,5,12-13H2,1-4H3,(H2,22,23,24);1H. The summed E-state index contributed by atoms with van der Waals surface area (Å²) in [7, 11) is 4.91. The van der Waals surface area contributed by atoms with Crippen molar-refractivity contribution in [3.63, 3.8) is 0 Å². The smallest absolute Gasteiger partial charge is 0.191 e. The van der Waals surface area contributed by atoms with Crippen LogP contribution in [0.25, 0.3) is 0 Å². The van der Waals surface area contributed by atoms with E-state index < -0.39 is 0 Å². The first-order valence-electron chi connectivity index (χ1n) is 8.66. The fourth-order valence-corrected chi connectivity index (χ4v) is 3.19. The summed E-state index contributed by atoms with van der Waals surface area (Å²) in [5, 5.41) is 6.60. The van der Waals surface area contributed by atoms with E-state index in [1.54, 1.807) is 21.3 Å². The van der Waals surface area contributed by atoms with Gasteiger partial charge in [-0.25, -0.2) is 4.99 Å². The molecule has 0 aromatic heterocycles. The van der Waals surface area contributed by atoms with Gasteiger partial charge in [-0.05, 0) is 58.2 Å². The fourth-order valence-electron chi connectivity index (χ4n) is 2.54. The molecule has 0 spiro atoms. The van der Waals surface area contributed by atoms with E-state index in [0.29, 0.717) is 24.6 Å². The van der Waals surface area contributed by atoms with Gasteiger partial charge in [0.2, 0.25) is 0 Å². The van der Waals surface area contributed by atoms with Crippen LogP contribution in [0, 0.1) is 0 Å². The first kappa shape index (κ1) is 24.4. The molecule has 0 radical (unpaired) electrons. The minimum absolute atomic E-state index is 0. The highest BCUT2D eigenvalue weighted by Gasteiger charge is 2.10. The molecule has 28 heavy (non-hydrogen) atoms. The summed E-state index contributed by atoms with van der Waals surface area (Å²) in [6.07, 6.45) is 0. The molecule has 2 rings (SSSR count). The third kappa shape index (κ3) is 7.05. The van der Waals surface area contributed by atoms with Crippen LogP contribution in [0.5, 0.6) is 17.2 Å². The maximum absolute atomic E-state index is 5.39. The van der Waals surface area contributed by atoms with Gasteiger partial charge in [0.15, 0.2) is 17.5 Å². The SMILES string of the molecule is CCNC(=NCc1cc(Br)c(OC)c(OC)c1)NCc1cccc(OC)c1.I. The lowest BCUT2D eigenvalue weighted by Gasteiger charge is -2.13. The van der Waals surface area contributed by atoms with Gasteiger partial charge in [0.05, 0.1) is 32.3 Å². The molecule has 0 unspecified atom stereocenters. The lowest BCUT2D eigenvalue weighted by Crippen LogP contribution is -2.36. The summed E-state index contributed by atoms with van der Waals surface area (Å²) < 4.78 is 16.8. The maximum atomic E-state index is 5.39. The van der Waals surface area contributed by atoms with Crippen LogP contribution < -0.4 is 24.8 Å². The minimum Gasteiger partial charge on any atom is -0.497 e. The van der Waals surface area contributed by atoms with E-state index in [9.17, 15) is 0 Å². The van der Waals surface area contributed by atoms with E-state index in [1.165, 1.54) is 0 Å². The van der Waals surface area contributed by atoms with E-state index in [4.69, 9.17) is 14.2 Å². The number of nitrogens with one attached hydrogen (secondary N) is 2. The van der Waals surface area contributed by atoms with Gasteiger partial charge in [-0.2, -0.15) is 0 Å². The zero-order valence-corrected chi connectivity index (χ0v) is 20.5. The van der Waals surface area contributed by atoms with E-state index in [1.807, 2.05) is 43.3 Å². The van der Waals surface area contributed by atoms with Crippen LogP contribution in [-0.4, -0.2) is 33.8 Å². The topological polar surface area (TPSA) is 64.1 Å². The predicted octanol–water partition coefficient (Wildman–Crippen LogP) is 4.35. The Morgan fingerprint density at radius 1 is 1.00 bits per heavy atom. The first-order valence-corrected chi connectivity index (χ1v) is 9.46. The van der Waals surface area contributed by atoms with Gasteiger partial charge in [0.25, 0.3) is 0 Å². The number of nitrogens with zero attached hydrogens (tertiary/aromatic N) is 1. The Morgan fingerprint density at radius 3 is 2.43 bits per heavy atom. The molecule has 8 heteroatoms. The summed E-state index contributed by atoms with van der Waals surface area (Å²) >= 11 is 3.52. The number of halogens is 2. The molecule has 154 valence electrons. The number of hydrogen-bond acceptors (Lipinski definition) is 4. The van der Waals surface area contributed by atoms with E-state index in [0.717, 1.165) is 33.9 Å². The Bertz CT molecular complexity index is 787. The van der Waals surface area contributed by atoms with Crippen molar-refractivity contribution in [3.05, 3.63) is 52.0 Å². The summed E-state index contributed by atoms with van der Waals surface area (Å²) in [5.74, 6) is 2.93. The number of aliphatic imine (C=N–C) groups is 1. The lowest BCUT2D eigenvalue weighted by molar-refractivity contribution is 0.352. The van der Waals surface area contributed by atoms with Crippen LogP contribution >= 0.6 is 39.9 Å². The molecule has 2 aromatic carbocycles. The second kappa shape index (κ2) is 12.7. The van der Waals surface area contributed by atoms with Crippen LogP contribution in [0.3, 0.4) is 0 Å². The highest BCUT2D eigenvalue weighted by Crippen LogP contribution is 2.36. The zero-order chi connectivity index (χ0) is 19.6. The van der Waals surface area contributed by atoms with E-state index in [2.05, 4.69) is 31.6 Å². The lowest BCUT2D eigenvalue weighted by atomic mass is 10.2. The number of ether oxygens (including phenoxy) is 3. The van der Waals surface area contributed by atoms with Crippen LogP contribution in [-0.2, 0) is 13.1 Å². The fraction of sp³-hybridized carbons (Fsp3) is 0.350. The van der Waals surface area contributed by atoms with Crippen LogP contribution in [0.2, 0.25) is 0 Å². The van der Waals surface area contributed by atoms with Crippen molar-refractivity contribution in [2.24, 2.45) is 4.99 Å². The summed E-state index contributed by atoms with van der Waals surface area (Å²) in [6.45, 7) is 3.97. The van der Waals surface area contributed by atoms with Crippen LogP contribution in [0.1, 0.15) is 18.1 Å². The third-order valence-corrected chi connectivity index (χ3v) is 4.44. The Labute approximate surface area is 192 Å². The Kier molecular flexibility index (Phi) is 11.1. The highest BCUT2D eigenvalue weighted by molar-refractivity contribution is 14.0. The van der Waals surface area contributed by atoms with Gasteiger partial charge in [-0.15, -0.1) is 24.0 Å². The van der Waals surface area contributed by atoms with Crippen molar-refractivity contribution in [1.82, 2.24) is 10.6 Å². The second-order valence-electron chi connectivity index (χ2n) is 5.71. The summed E-state index contributed by atoms with van der Waals surface area (Å²) in [5.41, 5.74) is 2.13. The summed E-state index contributed by atoms with van der Waals surface area (Å²) in [4.78, 5) is 4.66. The Balaban J connectivity index is 0.00000392. The predicted molar refractivity (Wildman–Crippen MR) is 127 cm³/mol. The van der Waals surface area contributed by atoms with Crippen LogP contribution in [0.15, 0.2) is 45.9 Å². The van der Waals surface area contributed by atoms with Gasteiger partial charge in [-0.3, -0.25) is 0 Å². The third-order valence-electron chi connectivity index (χ3n) is 3.85. The van der Waals surface area contributed by atoms with E-state index in [-0.39, 0.29) is 24.0 Å². The number of guanidine groups is 1. The molecule has 0 saturated carbocycles. The highest BCUT2D eigenvalue weighted by atomic mass is 127. The molecule has 0 saturated heterocycles. The Hall–Kier alpha value is -1.68. The van der Waals surface area contributed by atoms with Crippen molar-refractivity contribution >= 4 is 45.9 Å². The van der Waals surface area contributed by atoms with Crippen molar-refractivity contribution < 1.29 is 14.2 Å². The molecule has 0 bridgehead atoms. The van der Waals surface area contributed by atoms with Gasteiger partial charge in [-0.1, -0.05) is 12.1 Å². The molecule has 0 aliphatic rings. The average Bonchev–Trinajstić information content (AvgIpc) is 2.69.